The van der Waals surface area contributed by atoms with Gasteiger partial charge in [-0.15, -0.1) is 0 Å². The number of hydrogen-bond donors (Lipinski definition) is 3. The van der Waals surface area contributed by atoms with Crippen molar-refractivity contribution in [3.8, 4) is 11.5 Å². The average molecular weight is 468 g/mol. The number of aromatic nitrogens is 1. The van der Waals surface area contributed by atoms with Gasteiger partial charge in [0.15, 0.2) is 5.75 Å². The lowest BCUT2D eigenvalue weighted by Gasteiger charge is -2.20. The minimum atomic E-state index is -4.59. The quantitative estimate of drug-likeness (QED) is 0.234. The minimum absolute atomic E-state index is 0.0291. The Balaban J connectivity index is 2.15. The third-order valence-corrected chi connectivity index (χ3v) is 5.36. The molecule has 0 radical (unpaired) electrons. The number of unbranched alkanes of at least 4 members (excludes halogenated alkanes) is 2. The predicted octanol–water partition coefficient (Wildman–Crippen LogP) is 7.72. The van der Waals surface area contributed by atoms with E-state index < -0.39 is 11.7 Å². The van der Waals surface area contributed by atoms with Crippen molar-refractivity contribution in [1.82, 2.24) is 4.98 Å². The van der Waals surface area contributed by atoms with E-state index in [0.29, 0.717) is 33.9 Å². The molecule has 1 aromatic heterocycles. The molecule has 0 aliphatic rings. The van der Waals surface area contributed by atoms with Gasteiger partial charge in [0.05, 0.1) is 27.2 Å². The van der Waals surface area contributed by atoms with Crippen LogP contribution in [0.2, 0.25) is 5.02 Å². The zero-order chi connectivity index (χ0) is 23.5. The molecule has 0 atom stereocenters. The highest BCUT2D eigenvalue weighted by atomic mass is 35.5. The Hall–Kier alpha value is -2.71. The van der Waals surface area contributed by atoms with Gasteiger partial charge < -0.3 is 10.1 Å². The van der Waals surface area contributed by atoms with Crippen LogP contribution in [0.4, 0.5) is 24.5 Å². The summed E-state index contributed by atoms with van der Waals surface area (Å²) in [6, 6.07) is 6.99. The summed E-state index contributed by atoms with van der Waals surface area (Å²) in [4.78, 5) is 4.53. The number of fused-ring (bicyclic) bond motifs is 1. The molecule has 3 aromatic rings. The van der Waals surface area contributed by atoms with Crippen LogP contribution in [0.1, 0.15) is 43.0 Å². The Morgan fingerprint density at radius 2 is 1.81 bits per heavy atom. The molecule has 0 bridgehead atoms. The fourth-order valence-electron chi connectivity index (χ4n) is 3.43. The first-order chi connectivity index (χ1) is 15.2. The largest absolute Gasteiger partial charge is 0.452 e. The van der Waals surface area contributed by atoms with Gasteiger partial charge in [0, 0.05) is 18.3 Å². The van der Waals surface area contributed by atoms with Crippen molar-refractivity contribution in [3.63, 3.8) is 0 Å². The molecule has 0 saturated carbocycles. The number of rotatable bonds is 8. The number of ether oxygens (including phenoxy) is 1. The van der Waals surface area contributed by atoms with Gasteiger partial charge in [-0.1, -0.05) is 37.4 Å². The van der Waals surface area contributed by atoms with Crippen LogP contribution in [0, 0.1) is 13.8 Å². The Kier molecular flexibility index (Phi) is 7.36. The van der Waals surface area contributed by atoms with Crippen LogP contribution in [0.25, 0.3) is 10.9 Å². The van der Waals surface area contributed by atoms with Crippen molar-refractivity contribution in [2.75, 3.05) is 17.3 Å². The lowest BCUT2D eigenvalue weighted by Crippen LogP contribution is -2.10. The number of nitrogens with one attached hydrogen (secondary N) is 2. The van der Waals surface area contributed by atoms with Crippen molar-refractivity contribution < 1.29 is 23.1 Å². The van der Waals surface area contributed by atoms with E-state index in [9.17, 15) is 18.4 Å². The van der Waals surface area contributed by atoms with Crippen LogP contribution in [-0.2, 0) is 6.18 Å². The molecular weight excluding hydrogens is 443 g/mol. The van der Waals surface area contributed by atoms with Gasteiger partial charge in [0.1, 0.15) is 11.4 Å². The van der Waals surface area contributed by atoms with Crippen LogP contribution >= 0.6 is 11.6 Å². The van der Waals surface area contributed by atoms with Crippen molar-refractivity contribution >= 4 is 33.9 Å². The summed E-state index contributed by atoms with van der Waals surface area (Å²) >= 11 is 6.42. The average Bonchev–Trinajstić information content (AvgIpc) is 2.73. The topological polar surface area (TPSA) is 66.4 Å². The maximum atomic E-state index is 13.4. The van der Waals surface area contributed by atoms with Crippen molar-refractivity contribution in [1.29, 1.82) is 0 Å². The summed E-state index contributed by atoms with van der Waals surface area (Å²) in [7, 11) is 0. The second kappa shape index (κ2) is 9.83. The molecule has 172 valence electrons. The first-order valence-corrected chi connectivity index (χ1v) is 10.7. The molecule has 2 aromatic carbocycles. The van der Waals surface area contributed by atoms with E-state index >= 15 is 0 Å². The van der Waals surface area contributed by atoms with Gasteiger partial charge in [-0.3, -0.25) is 15.7 Å². The second-order valence-corrected chi connectivity index (χ2v) is 8.00. The zero-order valence-electron chi connectivity index (χ0n) is 18.0. The molecule has 0 aliphatic carbocycles. The molecule has 9 heteroatoms. The highest BCUT2D eigenvalue weighted by Crippen LogP contribution is 2.44. The minimum Gasteiger partial charge on any atom is -0.452 e. The summed E-state index contributed by atoms with van der Waals surface area (Å²) in [5, 5.41) is 13.6. The lowest BCUT2D eigenvalue weighted by molar-refractivity contribution is -0.137. The van der Waals surface area contributed by atoms with Gasteiger partial charge in [0.25, 0.3) is 0 Å². The second-order valence-electron chi connectivity index (χ2n) is 7.60. The normalized spacial score (nSPS) is 11.6. The highest BCUT2D eigenvalue weighted by molar-refractivity contribution is 6.36. The Morgan fingerprint density at radius 1 is 1.09 bits per heavy atom. The molecule has 3 N–H and O–H groups in total. The Bertz CT molecular complexity index is 1120. The maximum Gasteiger partial charge on any atom is 0.416 e. The van der Waals surface area contributed by atoms with Crippen molar-refractivity contribution in [2.24, 2.45) is 0 Å². The summed E-state index contributed by atoms with van der Waals surface area (Å²) < 4.78 is 46.4. The number of benzene rings is 2. The molecule has 0 amide bonds. The summed E-state index contributed by atoms with van der Waals surface area (Å²) in [5.41, 5.74) is 2.99. The summed E-state index contributed by atoms with van der Waals surface area (Å²) in [6.45, 7) is 6.16. The van der Waals surface area contributed by atoms with E-state index in [4.69, 9.17) is 16.3 Å². The van der Waals surface area contributed by atoms with Gasteiger partial charge in [0.2, 0.25) is 0 Å². The van der Waals surface area contributed by atoms with Crippen LogP contribution in [0.3, 0.4) is 0 Å². The van der Waals surface area contributed by atoms with E-state index in [1.807, 2.05) is 25.4 Å². The number of aryl methyl sites for hydroxylation is 2. The van der Waals surface area contributed by atoms with E-state index in [2.05, 4.69) is 10.3 Å². The van der Waals surface area contributed by atoms with Crippen LogP contribution in [-0.4, -0.2) is 16.7 Å². The number of halogens is 4. The molecular formula is C23H25ClF3N3O2. The monoisotopic (exact) mass is 467 g/mol. The van der Waals surface area contributed by atoms with E-state index in [1.165, 1.54) is 0 Å². The molecule has 3 rings (SSSR count). The summed E-state index contributed by atoms with van der Waals surface area (Å²) in [5.74, 6) is 0.357. The molecule has 0 fully saturated rings. The third kappa shape index (κ3) is 5.19. The first-order valence-electron chi connectivity index (χ1n) is 10.3. The standard InChI is InChI=1S/C23H25ClF3N3O2/c1-4-5-6-9-28-17-11-15(23(25,26)27)12-18(30-31)22(17)32-19-10-14(3)29-21-13(2)7-8-16(24)20(19)21/h7-8,10-12,28,30-31H,4-6,9H2,1-3H3. The molecule has 0 saturated heterocycles. The highest BCUT2D eigenvalue weighted by Gasteiger charge is 2.33. The predicted molar refractivity (Wildman–Crippen MR) is 121 cm³/mol. The summed E-state index contributed by atoms with van der Waals surface area (Å²) in [6.07, 6.45) is -1.92. The molecule has 0 unspecified atom stereocenters. The Morgan fingerprint density at radius 3 is 2.47 bits per heavy atom. The molecule has 5 nitrogen and oxygen atoms in total. The van der Waals surface area contributed by atoms with E-state index in [0.717, 1.165) is 37.0 Å². The number of anilines is 2. The SMILES string of the molecule is CCCCCNc1cc(C(F)(F)F)cc(NO)c1Oc1cc(C)nc2c(C)ccc(Cl)c12. The number of pyridine rings is 1. The molecule has 1 heterocycles. The molecule has 0 spiro atoms. The van der Waals surface area contributed by atoms with Gasteiger partial charge in [-0.25, -0.2) is 0 Å². The fourth-order valence-corrected chi connectivity index (χ4v) is 3.67. The van der Waals surface area contributed by atoms with Crippen LogP contribution in [0.5, 0.6) is 11.5 Å². The third-order valence-electron chi connectivity index (χ3n) is 5.05. The first kappa shape index (κ1) is 23.9. The zero-order valence-corrected chi connectivity index (χ0v) is 18.8. The van der Waals surface area contributed by atoms with E-state index in [1.54, 1.807) is 19.1 Å². The van der Waals surface area contributed by atoms with E-state index in [-0.39, 0.29) is 17.1 Å². The van der Waals surface area contributed by atoms with Crippen molar-refractivity contribution in [2.45, 2.75) is 46.2 Å². The van der Waals surface area contributed by atoms with Gasteiger partial charge in [-0.2, -0.15) is 13.2 Å². The van der Waals surface area contributed by atoms with Gasteiger partial charge in [-0.05, 0) is 44.0 Å². The number of hydrogen-bond acceptors (Lipinski definition) is 5. The fraction of sp³-hybridized carbons (Fsp3) is 0.348. The molecule has 0 aliphatic heterocycles. The molecule has 32 heavy (non-hydrogen) atoms. The Labute approximate surface area is 189 Å². The smallest absolute Gasteiger partial charge is 0.416 e. The lowest BCUT2D eigenvalue weighted by atomic mass is 10.1. The van der Waals surface area contributed by atoms with Crippen LogP contribution in [0.15, 0.2) is 30.3 Å². The van der Waals surface area contributed by atoms with Crippen molar-refractivity contribution in [3.05, 3.63) is 52.2 Å². The number of alkyl halides is 3. The number of nitrogens with zero attached hydrogens (tertiary/aromatic N) is 1. The van der Waals surface area contributed by atoms with Crippen LogP contribution < -0.4 is 15.5 Å². The van der Waals surface area contributed by atoms with Gasteiger partial charge >= 0.3 is 6.18 Å². The maximum absolute atomic E-state index is 13.4.